The third-order valence-corrected chi connectivity index (χ3v) is 5.03. The van der Waals surface area contributed by atoms with E-state index in [-0.39, 0.29) is 12.5 Å². The summed E-state index contributed by atoms with van der Waals surface area (Å²) >= 11 is 0. The molecule has 2 heterocycles. The third-order valence-electron chi connectivity index (χ3n) is 5.03. The number of ether oxygens (including phenoxy) is 1. The fourth-order valence-corrected chi connectivity index (χ4v) is 3.60. The molecule has 2 aromatic carbocycles. The lowest BCUT2D eigenvalue weighted by atomic mass is 10.1. The molecule has 25 heavy (non-hydrogen) atoms. The molecule has 2 atom stereocenters. The van der Waals surface area contributed by atoms with Crippen LogP contribution in [-0.4, -0.2) is 36.5 Å². The largest absolute Gasteiger partial charge is 0.482 e. The van der Waals surface area contributed by atoms with Crippen LogP contribution >= 0.6 is 0 Å². The summed E-state index contributed by atoms with van der Waals surface area (Å²) < 4.78 is 5.50. The molecule has 1 saturated heterocycles. The Morgan fingerprint density at radius 2 is 2.08 bits per heavy atom. The minimum Gasteiger partial charge on any atom is -0.482 e. The molecule has 2 N–H and O–H groups in total. The molecule has 5 heteroatoms. The van der Waals surface area contributed by atoms with Crippen LogP contribution in [0.5, 0.6) is 5.75 Å². The maximum absolute atomic E-state index is 11.3. The molecule has 2 aliphatic rings. The number of fused-ring (bicyclic) bond motifs is 1. The first-order chi connectivity index (χ1) is 12.2. The van der Waals surface area contributed by atoms with E-state index in [2.05, 4.69) is 52.8 Å². The van der Waals surface area contributed by atoms with Crippen LogP contribution in [0.25, 0.3) is 0 Å². The second-order valence-electron chi connectivity index (χ2n) is 6.76. The van der Waals surface area contributed by atoms with E-state index >= 15 is 0 Å². The highest BCUT2D eigenvalue weighted by atomic mass is 16.5. The van der Waals surface area contributed by atoms with E-state index in [0.717, 1.165) is 36.6 Å². The Bertz CT molecular complexity index is 763. The molecule has 2 aliphatic heterocycles. The summed E-state index contributed by atoms with van der Waals surface area (Å²) in [6.07, 6.45) is 1.12. The highest BCUT2D eigenvalue weighted by Crippen LogP contribution is 2.32. The van der Waals surface area contributed by atoms with Gasteiger partial charge < -0.3 is 15.4 Å². The molecule has 2 aromatic rings. The van der Waals surface area contributed by atoms with Crippen molar-refractivity contribution in [1.82, 2.24) is 4.90 Å². The maximum atomic E-state index is 11.3. The molecular formula is C20H23N3O2. The van der Waals surface area contributed by atoms with Gasteiger partial charge in [0.15, 0.2) is 6.61 Å². The fourth-order valence-electron chi connectivity index (χ4n) is 3.60. The Balaban J connectivity index is 1.39. The lowest BCUT2D eigenvalue weighted by Crippen LogP contribution is -2.28. The van der Waals surface area contributed by atoms with Gasteiger partial charge in [0.25, 0.3) is 5.91 Å². The average molecular weight is 337 g/mol. The maximum Gasteiger partial charge on any atom is 0.262 e. The number of amides is 1. The highest BCUT2D eigenvalue weighted by molar-refractivity contribution is 5.95. The topological polar surface area (TPSA) is 53.6 Å². The SMILES string of the molecule is C[C@@H](c1ccccc1)N1CC[C@H](Nc2ccc3c(c2)OCC(=O)N3)C1. The van der Waals surface area contributed by atoms with Gasteiger partial charge in [-0.05, 0) is 31.0 Å². The zero-order valence-electron chi connectivity index (χ0n) is 14.4. The van der Waals surface area contributed by atoms with E-state index in [1.807, 2.05) is 18.2 Å². The van der Waals surface area contributed by atoms with Gasteiger partial charge in [0.2, 0.25) is 0 Å². The molecule has 5 nitrogen and oxygen atoms in total. The van der Waals surface area contributed by atoms with Crippen LogP contribution in [0.4, 0.5) is 11.4 Å². The zero-order chi connectivity index (χ0) is 17.2. The lowest BCUT2D eigenvalue weighted by Gasteiger charge is -2.25. The van der Waals surface area contributed by atoms with Gasteiger partial charge in [-0.1, -0.05) is 30.3 Å². The molecule has 0 radical (unpaired) electrons. The number of benzene rings is 2. The standard InChI is InChI=1S/C20H23N3O2/c1-14(15-5-3-2-4-6-15)23-10-9-17(12-23)21-16-7-8-18-19(11-16)25-13-20(24)22-18/h2-8,11,14,17,21H,9-10,12-13H2,1H3,(H,22,24)/t14-,17-/m0/s1. The van der Waals surface area contributed by atoms with Crippen molar-refractivity contribution in [1.29, 1.82) is 0 Å². The summed E-state index contributed by atoms with van der Waals surface area (Å²) in [5.74, 6) is 0.631. The van der Waals surface area contributed by atoms with Crippen molar-refractivity contribution in [2.24, 2.45) is 0 Å². The Morgan fingerprint density at radius 3 is 2.92 bits per heavy atom. The van der Waals surface area contributed by atoms with E-state index < -0.39 is 0 Å². The number of hydrogen-bond donors (Lipinski definition) is 2. The predicted molar refractivity (Wildman–Crippen MR) is 99.0 cm³/mol. The first kappa shape index (κ1) is 16.0. The number of rotatable bonds is 4. The smallest absolute Gasteiger partial charge is 0.262 e. The molecule has 0 unspecified atom stereocenters. The van der Waals surface area contributed by atoms with Gasteiger partial charge in [-0.15, -0.1) is 0 Å². The predicted octanol–water partition coefficient (Wildman–Crippen LogP) is 3.26. The summed E-state index contributed by atoms with van der Waals surface area (Å²) in [7, 11) is 0. The van der Waals surface area contributed by atoms with E-state index in [4.69, 9.17) is 4.74 Å². The van der Waals surface area contributed by atoms with Crippen LogP contribution in [0, 0.1) is 0 Å². The highest BCUT2D eigenvalue weighted by Gasteiger charge is 2.27. The van der Waals surface area contributed by atoms with Gasteiger partial charge in [0.1, 0.15) is 5.75 Å². The summed E-state index contributed by atoms with van der Waals surface area (Å²) in [5, 5.41) is 6.43. The van der Waals surface area contributed by atoms with Gasteiger partial charge in [-0.2, -0.15) is 0 Å². The van der Waals surface area contributed by atoms with Gasteiger partial charge in [-0.25, -0.2) is 0 Å². The van der Waals surface area contributed by atoms with E-state index in [1.54, 1.807) is 0 Å². The van der Waals surface area contributed by atoms with E-state index in [1.165, 1.54) is 5.56 Å². The minimum absolute atomic E-state index is 0.0856. The van der Waals surface area contributed by atoms with Crippen LogP contribution in [0.3, 0.4) is 0 Å². The molecule has 130 valence electrons. The Kier molecular flexibility index (Phi) is 4.32. The van der Waals surface area contributed by atoms with Crippen LogP contribution in [0.2, 0.25) is 0 Å². The number of nitrogens with one attached hydrogen (secondary N) is 2. The van der Waals surface area contributed by atoms with Crippen molar-refractivity contribution in [3.05, 3.63) is 54.1 Å². The first-order valence-corrected chi connectivity index (χ1v) is 8.81. The molecule has 1 amide bonds. The van der Waals surface area contributed by atoms with Crippen molar-refractivity contribution in [2.75, 3.05) is 30.3 Å². The Hall–Kier alpha value is -2.53. The summed E-state index contributed by atoms with van der Waals surface area (Å²) in [6, 6.07) is 17.4. The monoisotopic (exact) mass is 337 g/mol. The van der Waals surface area contributed by atoms with E-state index in [0.29, 0.717) is 12.1 Å². The number of nitrogens with zero attached hydrogens (tertiary/aromatic N) is 1. The second-order valence-corrected chi connectivity index (χ2v) is 6.76. The van der Waals surface area contributed by atoms with Crippen LogP contribution in [0.1, 0.15) is 24.9 Å². The normalized spacial score (nSPS) is 21.2. The quantitative estimate of drug-likeness (QED) is 0.899. The molecular weight excluding hydrogens is 314 g/mol. The minimum atomic E-state index is -0.102. The molecule has 4 rings (SSSR count). The van der Waals surface area contributed by atoms with Crippen LogP contribution < -0.4 is 15.4 Å². The third kappa shape index (κ3) is 3.46. The molecule has 1 fully saturated rings. The van der Waals surface area contributed by atoms with Crippen molar-refractivity contribution < 1.29 is 9.53 Å². The van der Waals surface area contributed by atoms with Crippen molar-refractivity contribution in [3.63, 3.8) is 0 Å². The first-order valence-electron chi connectivity index (χ1n) is 8.81. The van der Waals surface area contributed by atoms with Gasteiger partial charge in [0, 0.05) is 36.9 Å². The fraction of sp³-hybridized carbons (Fsp3) is 0.350. The average Bonchev–Trinajstić information content (AvgIpc) is 3.10. The molecule has 0 aromatic heterocycles. The van der Waals surface area contributed by atoms with Crippen LogP contribution in [-0.2, 0) is 4.79 Å². The van der Waals surface area contributed by atoms with Crippen LogP contribution in [0.15, 0.2) is 48.5 Å². The molecule has 0 bridgehead atoms. The number of anilines is 2. The number of hydrogen-bond acceptors (Lipinski definition) is 4. The number of carbonyl (C=O) groups excluding carboxylic acids is 1. The number of likely N-dealkylation sites (tertiary alicyclic amines) is 1. The van der Waals surface area contributed by atoms with Crippen molar-refractivity contribution in [3.8, 4) is 5.75 Å². The van der Waals surface area contributed by atoms with E-state index in [9.17, 15) is 4.79 Å². The second kappa shape index (κ2) is 6.76. The van der Waals surface area contributed by atoms with Gasteiger partial charge in [-0.3, -0.25) is 9.69 Å². The number of carbonyl (C=O) groups is 1. The summed E-state index contributed by atoms with van der Waals surface area (Å²) in [4.78, 5) is 13.9. The molecule has 0 aliphatic carbocycles. The Morgan fingerprint density at radius 1 is 1.24 bits per heavy atom. The van der Waals surface area contributed by atoms with Gasteiger partial charge in [0.05, 0.1) is 5.69 Å². The summed E-state index contributed by atoms with van der Waals surface area (Å²) in [6.45, 7) is 4.46. The lowest BCUT2D eigenvalue weighted by molar-refractivity contribution is -0.118. The Labute approximate surface area is 148 Å². The molecule has 0 saturated carbocycles. The summed E-state index contributed by atoms with van der Waals surface area (Å²) in [5.41, 5.74) is 3.14. The van der Waals surface area contributed by atoms with Crippen molar-refractivity contribution in [2.45, 2.75) is 25.4 Å². The molecule has 0 spiro atoms. The van der Waals surface area contributed by atoms with Gasteiger partial charge >= 0.3 is 0 Å². The van der Waals surface area contributed by atoms with Crippen molar-refractivity contribution >= 4 is 17.3 Å². The zero-order valence-corrected chi connectivity index (χ0v) is 14.4.